The minimum absolute atomic E-state index is 0.0303. The molecule has 0 saturated carbocycles. The molecule has 0 unspecified atom stereocenters. The third-order valence-corrected chi connectivity index (χ3v) is 4.54. The van der Waals surface area contributed by atoms with Gasteiger partial charge in [-0.2, -0.15) is 0 Å². The number of hydrogen-bond donors (Lipinski definition) is 2. The average molecular weight is 367 g/mol. The molecule has 2 aromatic heterocycles. The van der Waals surface area contributed by atoms with Gasteiger partial charge in [0.15, 0.2) is 5.76 Å². The van der Waals surface area contributed by atoms with E-state index in [0.717, 1.165) is 13.0 Å². The number of benzene rings is 1. The first kappa shape index (κ1) is 18.8. The van der Waals surface area contributed by atoms with Gasteiger partial charge in [-0.05, 0) is 42.0 Å². The number of carbonyl (C=O) groups excluding carboxylic acids is 2. The van der Waals surface area contributed by atoms with Crippen molar-refractivity contribution >= 4 is 22.7 Å². The van der Waals surface area contributed by atoms with Gasteiger partial charge in [-0.15, -0.1) is 0 Å². The standard InChI is InChI=1S/C21H25N3O3/c1-15(2)19(23-20(25)18-9-5-14-27-18)21(26)22-11-6-12-24-13-10-16-7-3-4-8-17(16)24/h3-5,7-10,13-15,19H,6,11-12H2,1-2H3,(H,22,26)(H,23,25)/t19-/m0/s1. The summed E-state index contributed by atoms with van der Waals surface area (Å²) in [4.78, 5) is 24.6. The Bertz CT molecular complexity index is 896. The van der Waals surface area contributed by atoms with Gasteiger partial charge in [-0.3, -0.25) is 9.59 Å². The lowest BCUT2D eigenvalue weighted by Crippen LogP contribution is -2.49. The monoisotopic (exact) mass is 367 g/mol. The zero-order valence-electron chi connectivity index (χ0n) is 15.6. The molecule has 0 aliphatic heterocycles. The molecule has 6 heteroatoms. The van der Waals surface area contributed by atoms with E-state index in [9.17, 15) is 9.59 Å². The number of rotatable bonds is 8. The number of nitrogens with one attached hydrogen (secondary N) is 2. The van der Waals surface area contributed by atoms with Crippen LogP contribution >= 0.6 is 0 Å². The van der Waals surface area contributed by atoms with E-state index in [1.165, 1.54) is 17.2 Å². The third-order valence-electron chi connectivity index (χ3n) is 4.54. The number of aromatic nitrogens is 1. The molecule has 6 nitrogen and oxygen atoms in total. The van der Waals surface area contributed by atoms with Crippen molar-refractivity contribution in [3.05, 3.63) is 60.7 Å². The van der Waals surface area contributed by atoms with Crippen LogP contribution in [0.3, 0.4) is 0 Å². The SMILES string of the molecule is CC(C)[C@H](NC(=O)c1ccco1)C(=O)NCCCn1ccc2ccccc21. The van der Waals surface area contributed by atoms with E-state index in [1.807, 2.05) is 26.0 Å². The molecule has 1 aromatic carbocycles. The summed E-state index contributed by atoms with van der Waals surface area (Å²) >= 11 is 0. The molecule has 0 aliphatic carbocycles. The molecular formula is C21H25N3O3. The third kappa shape index (κ3) is 4.58. The lowest BCUT2D eigenvalue weighted by molar-refractivity contribution is -0.123. The first-order valence-corrected chi connectivity index (χ1v) is 9.22. The average Bonchev–Trinajstić information content (AvgIpc) is 3.33. The summed E-state index contributed by atoms with van der Waals surface area (Å²) in [6, 6.07) is 12.9. The second kappa shape index (κ2) is 8.58. The second-order valence-corrected chi connectivity index (χ2v) is 6.88. The Labute approximate surface area is 158 Å². The van der Waals surface area contributed by atoms with Crippen molar-refractivity contribution < 1.29 is 14.0 Å². The summed E-state index contributed by atoms with van der Waals surface area (Å²) in [6.07, 6.45) is 4.30. The van der Waals surface area contributed by atoms with Crippen molar-refractivity contribution in [2.45, 2.75) is 32.9 Å². The maximum Gasteiger partial charge on any atom is 0.287 e. The highest BCUT2D eigenvalue weighted by molar-refractivity contribution is 5.95. The maximum absolute atomic E-state index is 12.5. The Balaban J connectivity index is 1.50. The van der Waals surface area contributed by atoms with Gasteiger partial charge in [-0.25, -0.2) is 0 Å². The fourth-order valence-electron chi connectivity index (χ4n) is 3.06. The van der Waals surface area contributed by atoms with E-state index in [4.69, 9.17) is 4.42 Å². The molecule has 2 amide bonds. The Kier molecular flexibility index (Phi) is 5.96. The van der Waals surface area contributed by atoms with E-state index in [2.05, 4.69) is 39.6 Å². The van der Waals surface area contributed by atoms with Crippen LogP contribution in [0, 0.1) is 5.92 Å². The topological polar surface area (TPSA) is 76.3 Å². The molecule has 0 aliphatic rings. The highest BCUT2D eigenvalue weighted by atomic mass is 16.3. The molecule has 0 radical (unpaired) electrons. The highest BCUT2D eigenvalue weighted by Gasteiger charge is 2.25. The summed E-state index contributed by atoms with van der Waals surface area (Å²) in [6.45, 7) is 5.17. The quantitative estimate of drug-likeness (QED) is 0.600. The molecule has 3 aromatic rings. The van der Waals surface area contributed by atoms with E-state index >= 15 is 0 Å². The van der Waals surface area contributed by atoms with Gasteiger partial charge >= 0.3 is 0 Å². The molecule has 0 bridgehead atoms. The first-order valence-electron chi connectivity index (χ1n) is 9.22. The predicted molar refractivity (Wildman–Crippen MR) is 104 cm³/mol. The molecule has 1 atom stereocenters. The van der Waals surface area contributed by atoms with Crippen LogP contribution in [0.5, 0.6) is 0 Å². The van der Waals surface area contributed by atoms with Crippen molar-refractivity contribution in [1.82, 2.24) is 15.2 Å². The molecule has 0 fully saturated rings. The molecule has 3 rings (SSSR count). The summed E-state index contributed by atoms with van der Waals surface area (Å²) in [7, 11) is 0. The maximum atomic E-state index is 12.5. The second-order valence-electron chi connectivity index (χ2n) is 6.88. The fraction of sp³-hybridized carbons (Fsp3) is 0.333. The lowest BCUT2D eigenvalue weighted by Gasteiger charge is -2.21. The molecular weight excluding hydrogens is 342 g/mol. The normalized spacial score (nSPS) is 12.3. The van der Waals surface area contributed by atoms with Crippen molar-refractivity contribution in [2.24, 2.45) is 5.92 Å². The molecule has 0 spiro atoms. The Hall–Kier alpha value is -3.02. The predicted octanol–water partition coefficient (Wildman–Crippen LogP) is 3.20. The zero-order chi connectivity index (χ0) is 19.2. The molecule has 27 heavy (non-hydrogen) atoms. The molecule has 0 saturated heterocycles. The number of para-hydroxylation sites is 1. The lowest BCUT2D eigenvalue weighted by atomic mass is 10.0. The van der Waals surface area contributed by atoms with Crippen LogP contribution in [-0.4, -0.2) is 29.0 Å². The summed E-state index contributed by atoms with van der Waals surface area (Å²) in [5, 5.41) is 6.89. The van der Waals surface area contributed by atoms with Crippen LogP contribution in [-0.2, 0) is 11.3 Å². The van der Waals surface area contributed by atoms with Crippen LogP contribution in [0.4, 0.5) is 0 Å². The van der Waals surface area contributed by atoms with Crippen molar-refractivity contribution in [3.8, 4) is 0 Å². The van der Waals surface area contributed by atoms with Gasteiger partial charge in [0.2, 0.25) is 5.91 Å². The molecule has 2 N–H and O–H groups in total. The number of aryl methyl sites for hydroxylation is 1. The fourth-order valence-corrected chi connectivity index (χ4v) is 3.06. The highest BCUT2D eigenvalue weighted by Crippen LogP contribution is 2.15. The van der Waals surface area contributed by atoms with Gasteiger partial charge in [0.05, 0.1) is 6.26 Å². The minimum Gasteiger partial charge on any atom is -0.459 e. The number of fused-ring (bicyclic) bond motifs is 1. The van der Waals surface area contributed by atoms with E-state index in [0.29, 0.717) is 6.54 Å². The zero-order valence-corrected chi connectivity index (χ0v) is 15.6. The van der Waals surface area contributed by atoms with Crippen molar-refractivity contribution in [2.75, 3.05) is 6.54 Å². The van der Waals surface area contributed by atoms with Gasteiger partial charge in [-0.1, -0.05) is 32.0 Å². The first-order chi connectivity index (χ1) is 13.1. The van der Waals surface area contributed by atoms with Crippen LogP contribution in [0.15, 0.2) is 59.3 Å². The molecule has 142 valence electrons. The van der Waals surface area contributed by atoms with Crippen molar-refractivity contribution in [1.29, 1.82) is 0 Å². The smallest absolute Gasteiger partial charge is 0.287 e. The summed E-state index contributed by atoms with van der Waals surface area (Å²) in [5.41, 5.74) is 1.19. The van der Waals surface area contributed by atoms with Crippen LogP contribution < -0.4 is 10.6 Å². The largest absolute Gasteiger partial charge is 0.459 e. The number of amides is 2. The number of nitrogens with zero attached hydrogens (tertiary/aromatic N) is 1. The van der Waals surface area contributed by atoms with Gasteiger partial charge in [0.25, 0.3) is 5.91 Å². The number of furan rings is 1. The van der Waals surface area contributed by atoms with Crippen molar-refractivity contribution in [3.63, 3.8) is 0 Å². The minimum atomic E-state index is -0.602. The van der Waals surface area contributed by atoms with Gasteiger partial charge in [0.1, 0.15) is 6.04 Å². The van der Waals surface area contributed by atoms with Crippen LogP contribution in [0.1, 0.15) is 30.8 Å². The Morgan fingerprint density at radius 1 is 1.11 bits per heavy atom. The van der Waals surface area contributed by atoms with E-state index < -0.39 is 6.04 Å². The van der Waals surface area contributed by atoms with Gasteiger partial charge < -0.3 is 19.6 Å². The number of hydrogen-bond acceptors (Lipinski definition) is 3. The van der Waals surface area contributed by atoms with E-state index in [1.54, 1.807) is 12.1 Å². The Morgan fingerprint density at radius 2 is 1.93 bits per heavy atom. The Morgan fingerprint density at radius 3 is 2.67 bits per heavy atom. The van der Waals surface area contributed by atoms with Crippen LogP contribution in [0.25, 0.3) is 10.9 Å². The van der Waals surface area contributed by atoms with E-state index in [-0.39, 0.29) is 23.5 Å². The van der Waals surface area contributed by atoms with Gasteiger partial charge in [0, 0.05) is 24.8 Å². The summed E-state index contributed by atoms with van der Waals surface area (Å²) in [5.74, 6) is -0.389. The number of carbonyl (C=O) groups is 2. The summed E-state index contributed by atoms with van der Waals surface area (Å²) < 4.78 is 7.26. The van der Waals surface area contributed by atoms with Crippen LogP contribution in [0.2, 0.25) is 0 Å². The molecule has 2 heterocycles.